The van der Waals surface area contributed by atoms with Crippen molar-refractivity contribution in [3.05, 3.63) is 53.9 Å². The van der Waals surface area contributed by atoms with Gasteiger partial charge in [-0.3, -0.25) is 4.72 Å². The first-order valence-electron chi connectivity index (χ1n) is 5.64. The van der Waals surface area contributed by atoms with Gasteiger partial charge in [-0.15, -0.1) is 0 Å². The Morgan fingerprint density at radius 3 is 2.70 bits per heavy atom. The Kier molecular flexibility index (Phi) is 3.98. The Morgan fingerprint density at radius 1 is 1.30 bits per heavy atom. The molecule has 0 aliphatic carbocycles. The first-order chi connectivity index (χ1) is 9.55. The lowest BCUT2D eigenvalue weighted by molar-refractivity contribution is 0.282. The second kappa shape index (κ2) is 5.69. The largest absolute Gasteiger partial charge is 0.392 e. The molecule has 0 radical (unpaired) electrons. The third-order valence-electron chi connectivity index (χ3n) is 2.52. The van der Waals surface area contributed by atoms with Gasteiger partial charge >= 0.3 is 0 Å². The van der Waals surface area contributed by atoms with Crippen molar-refractivity contribution in [2.45, 2.75) is 11.5 Å². The maximum absolute atomic E-state index is 12.1. The molecule has 20 heavy (non-hydrogen) atoms. The highest BCUT2D eigenvalue weighted by Crippen LogP contribution is 2.16. The molecule has 102 valence electrons. The first-order valence-corrected chi connectivity index (χ1v) is 7.12. The van der Waals surface area contributed by atoms with Gasteiger partial charge < -0.3 is 5.11 Å². The van der Waals surface area contributed by atoms with Gasteiger partial charge in [-0.1, -0.05) is 12.1 Å². The highest BCUT2D eigenvalue weighted by molar-refractivity contribution is 7.92. The Morgan fingerprint density at radius 2 is 2.10 bits per heavy atom. The van der Waals surface area contributed by atoms with E-state index in [0.29, 0.717) is 11.3 Å². The number of aliphatic hydroxyl groups excluding tert-OH is 1. The van der Waals surface area contributed by atoms with Gasteiger partial charge in [0.05, 0.1) is 6.61 Å². The fraction of sp³-hybridized carbons (Fsp3) is 0.0769. The molecular formula is C13H11N3O3S. The number of aromatic nitrogens is 1. The molecule has 0 bridgehead atoms. The number of aliphatic hydroxyl groups is 1. The number of hydrogen-bond donors (Lipinski definition) is 2. The lowest BCUT2D eigenvalue weighted by Crippen LogP contribution is -2.13. The smallest absolute Gasteiger partial charge is 0.263 e. The number of rotatable bonds is 4. The average molecular weight is 289 g/mol. The van der Waals surface area contributed by atoms with Gasteiger partial charge in [0.25, 0.3) is 10.0 Å². The topological polar surface area (TPSA) is 103 Å². The minimum absolute atomic E-state index is 0.0362. The van der Waals surface area contributed by atoms with Gasteiger partial charge in [0.1, 0.15) is 16.7 Å². The molecule has 0 saturated carbocycles. The van der Waals surface area contributed by atoms with E-state index in [2.05, 4.69) is 9.71 Å². The summed E-state index contributed by atoms with van der Waals surface area (Å²) in [5.41, 5.74) is 1.09. The molecule has 1 aromatic heterocycles. The van der Waals surface area contributed by atoms with E-state index in [4.69, 9.17) is 10.4 Å². The van der Waals surface area contributed by atoms with Crippen LogP contribution in [0.2, 0.25) is 0 Å². The molecule has 2 rings (SSSR count). The Hall–Kier alpha value is -2.43. The molecule has 0 spiro atoms. The lowest BCUT2D eigenvalue weighted by Gasteiger charge is -2.08. The van der Waals surface area contributed by atoms with Gasteiger partial charge in [-0.2, -0.15) is 5.26 Å². The van der Waals surface area contributed by atoms with E-state index in [-0.39, 0.29) is 17.2 Å². The third-order valence-corrected chi connectivity index (χ3v) is 3.89. The quantitative estimate of drug-likeness (QED) is 0.881. The zero-order chi connectivity index (χ0) is 14.6. The summed E-state index contributed by atoms with van der Waals surface area (Å²) in [6.45, 7) is -0.173. The number of nitrogens with one attached hydrogen (secondary N) is 1. The second-order valence-corrected chi connectivity index (χ2v) is 5.64. The number of nitrogens with zero attached hydrogens (tertiary/aromatic N) is 2. The standard InChI is InChI=1S/C13H11N3O3S/c14-7-12-4-5-13(8-15-12)20(18,19)16-11-3-1-2-10(6-11)9-17/h1-6,8,16-17H,9H2. The molecule has 0 aliphatic rings. The molecule has 1 heterocycles. The van der Waals surface area contributed by atoms with Crippen molar-refractivity contribution in [3.63, 3.8) is 0 Å². The van der Waals surface area contributed by atoms with Crippen molar-refractivity contribution < 1.29 is 13.5 Å². The minimum atomic E-state index is -3.77. The highest BCUT2D eigenvalue weighted by Gasteiger charge is 2.14. The van der Waals surface area contributed by atoms with Crippen LogP contribution in [0.15, 0.2) is 47.5 Å². The summed E-state index contributed by atoms with van der Waals surface area (Å²) >= 11 is 0. The molecule has 0 amide bonds. The van der Waals surface area contributed by atoms with Crippen LogP contribution in [-0.4, -0.2) is 18.5 Å². The molecule has 2 aromatic rings. The lowest BCUT2D eigenvalue weighted by atomic mass is 10.2. The fourth-order valence-corrected chi connectivity index (χ4v) is 2.55. The molecule has 0 aliphatic heterocycles. The normalized spacial score (nSPS) is 10.8. The van der Waals surface area contributed by atoms with E-state index >= 15 is 0 Å². The summed E-state index contributed by atoms with van der Waals surface area (Å²) in [7, 11) is -3.77. The summed E-state index contributed by atoms with van der Waals surface area (Å²) in [4.78, 5) is 3.68. The Bertz CT molecular complexity index is 749. The number of benzene rings is 1. The SMILES string of the molecule is N#Cc1ccc(S(=O)(=O)Nc2cccc(CO)c2)cn1. The van der Waals surface area contributed by atoms with Crippen LogP contribution in [0, 0.1) is 11.3 Å². The van der Waals surface area contributed by atoms with E-state index in [1.54, 1.807) is 18.2 Å². The van der Waals surface area contributed by atoms with Gasteiger partial charge in [-0.25, -0.2) is 13.4 Å². The van der Waals surface area contributed by atoms with Crippen molar-refractivity contribution in [1.29, 1.82) is 5.26 Å². The van der Waals surface area contributed by atoms with E-state index < -0.39 is 10.0 Å². The predicted octanol–water partition coefficient (Wildman–Crippen LogP) is 1.25. The van der Waals surface area contributed by atoms with Crippen LogP contribution in [0.1, 0.15) is 11.3 Å². The zero-order valence-corrected chi connectivity index (χ0v) is 11.1. The van der Waals surface area contributed by atoms with Crippen LogP contribution in [0.3, 0.4) is 0 Å². The summed E-state index contributed by atoms with van der Waals surface area (Å²) < 4.78 is 26.6. The number of nitriles is 1. The highest BCUT2D eigenvalue weighted by atomic mass is 32.2. The average Bonchev–Trinajstić information content (AvgIpc) is 2.47. The summed E-state index contributed by atoms with van der Waals surface area (Å²) in [5, 5.41) is 17.6. The van der Waals surface area contributed by atoms with Crippen LogP contribution >= 0.6 is 0 Å². The van der Waals surface area contributed by atoms with E-state index in [0.717, 1.165) is 6.20 Å². The minimum Gasteiger partial charge on any atom is -0.392 e. The molecule has 0 saturated heterocycles. The van der Waals surface area contributed by atoms with E-state index in [1.807, 2.05) is 6.07 Å². The van der Waals surface area contributed by atoms with Gasteiger partial charge in [0, 0.05) is 11.9 Å². The monoisotopic (exact) mass is 289 g/mol. The van der Waals surface area contributed by atoms with Gasteiger partial charge in [0.2, 0.25) is 0 Å². The summed E-state index contributed by atoms with van der Waals surface area (Å²) in [5.74, 6) is 0. The number of pyridine rings is 1. The maximum atomic E-state index is 12.1. The zero-order valence-electron chi connectivity index (χ0n) is 10.3. The van der Waals surface area contributed by atoms with E-state index in [9.17, 15) is 8.42 Å². The van der Waals surface area contributed by atoms with Gasteiger partial charge in [0.15, 0.2) is 0 Å². The molecule has 0 atom stereocenters. The number of sulfonamides is 1. The Labute approximate surface area is 116 Å². The maximum Gasteiger partial charge on any atom is 0.263 e. The molecule has 2 N–H and O–H groups in total. The molecule has 7 heteroatoms. The summed E-state index contributed by atoms with van der Waals surface area (Å²) in [6, 6.07) is 10.9. The number of hydrogen-bond acceptors (Lipinski definition) is 5. The van der Waals surface area contributed by atoms with Crippen molar-refractivity contribution in [2.75, 3.05) is 4.72 Å². The molecular weight excluding hydrogens is 278 g/mol. The van der Waals surface area contributed by atoms with Crippen LogP contribution in [-0.2, 0) is 16.6 Å². The van der Waals surface area contributed by atoms with Crippen molar-refractivity contribution >= 4 is 15.7 Å². The van der Waals surface area contributed by atoms with Gasteiger partial charge in [-0.05, 0) is 29.8 Å². The fourth-order valence-electron chi connectivity index (χ4n) is 1.55. The van der Waals surface area contributed by atoms with Crippen molar-refractivity contribution in [1.82, 2.24) is 4.98 Å². The van der Waals surface area contributed by atoms with Crippen LogP contribution in [0.25, 0.3) is 0 Å². The van der Waals surface area contributed by atoms with Crippen molar-refractivity contribution in [2.24, 2.45) is 0 Å². The second-order valence-electron chi connectivity index (χ2n) is 3.95. The van der Waals surface area contributed by atoms with E-state index in [1.165, 1.54) is 18.2 Å². The van der Waals surface area contributed by atoms with Crippen LogP contribution in [0.5, 0.6) is 0 Å². The Balaban J connectivity index is 2.28. The molecule has 1 aromatic carbocycles. The first kappa shape index (κ1) is 14.0. The molecule has 0 fully saturated rings. The molecule has 0 unspecified atom stereocenters. The van der Waals surface area contributed by atoms with Crippen LogP contribution < -0.4 is 4.72 Å². The van der Waals surface area contributed by atoms with Crippen molar-refractivity contribution in [3.8, 4) is 6.07 Å². The number of anilines is 1. The molecule has 6 nitrogen and oxygen atoms in total. The predicted molar refractivity (Wildman–Crippen MR) is 72.1 cm³/mol. The summed E-state index contributed by atoms with van der Waals surface area (Å²) in [6.07, 6.45) is 1.12. The third kappa shape index (κ3) is 3.12. The van der Waals surface area contributed by atoms with Crippen LogP contribution in [0.4, 0.5) is 5.69 Å².